The Bertz CT molecular complexity index is 254. The minimum absolute atomic E-state index is 0.0683. The van der Waals surface area contributed by atoms with E-state index in [4.69, 9.17) is 0 Å². The lowest BCUT2D eigenvalue weighted by Gasteiger charge is -2.15. The summed E-state index contributed by atoms with van der Waals surface area (Å²) in [5.74, 6) is 0.151. The summed E-state index contributed by atoms with van der Waals surface area (Å²) in [5, 5.41) is 5.45. The standard InChI is InChI=1S/C8H17N2O2P.C7H16.2C2H6/c1-7(12)8(10-13)4-2-3-5-9-6-11;1-5-6-7(2,3)4;2*1-2/h6,8,10H,2-5,13H2,1H3,(H,9,11);5-6H2,1-4H3;2*1-2H3. The van der Waals surface area contributed by atoms with Gasteiger partial charge in [0.25, 0.3) is 0 Å². The fourth-order valence-corrected chi connectivity index (χ4v) is 2.19. The zero-order chi connectivity index (χ0) is 20.0. The van der Waals surface area contributed by atoms with Crippen molar-refractivity contribution < 1.29 is 9.59 Å². The molecule has 5 heteroatoms. The van der Waals surface area contributed by atoms with Crippen LogP contribution >= 0.6 is 9.39 Å². The molecule has 0 bridgehead atoms. The Hall–Kier alpha value is -0.470. The van der Waals surface area contributed by atoms with E-state index in [1.54, 1.807) is 6.92 Å². The fraction of sp³-hybridized carbons (Fsp3) is 0.895. The molecule has 0 aliphatic rings. The molecule has 0 aromatic rings. The number of Topliss-reactive ketones (excluding diaryl/α,β-unsaturated/α-hetero) is 1. The molecule has 0 aliphatic heterocycles. The summed E-state index contributed by atoms with van der Waals surface area (Å²) in [7, 11) is 2.35. The molecule has 0 aliphatic carbocycles. The third-order valence-electron chi connectivity index (χ3n) is 2.84. The first-order chi connectivity index (χ1) is 11.3. The summed E-state index contributed by atoms with van der Waals surface area (Å²) in [6.45, 7) is 19.3. The van der Waals surface area contributed by atoms with Gasteiger partial charge in [0.1, 0.15) is 5.78 Å². The van der Waals surface area contributed by atoms with Gasteiger partial charge in [0.2, 0.25) is 6.41 Å². The molecule has 4 nitrogen and oxygen atoms in total. The van der Waals surface area contributed by atoms with Crippen molar-refractivity contribution in [2.75, 3.05) is 6.54 Å². The van der Waals surface area contributed by atoms with E-state index in [9.17, 15) is 9.59 Å². The topological polar surface area (TPSA) is 58.2 Å². The number of hydrogen-bond acceptors (Lipinski definition) is 3. The second kappa shape index (κ2) is 24.8. The molecule has 1 amide bonds. The second-order valence-corrected chi connectivity index (χ2v) is 6.54. The zero-order valence-electron chi connectivity index (χ0n) is 17.8. The summed E-state index contributed by atoms with van der Waals surface area (Å²) in [6, 6.07) is -0.0683. The van der Waals surface area contributed by atoms with E-state index in [1.807, 2.05) is 27.7 Å². The van der Waals surface area contributed by atoms with Crippen LogP contribution in [0.2, 0.25) is 0 Å². The molecule has 0 aromatic heterocycles. The lowest BCUT2D eigenvalue weighted by molar-refractivity contribution is -0.118. The summed E-state index contributed by atoms with van der Waals surface area (Å²) in [6.07, 6.45) is 6.01. The summed E-state index contributed by atoms with van der Waals surface area (Å²) in [5.41, 5.74) is 0.550. The van der Waals surface area contributed by atoms with E-state index in [1.165, 1.54) is 12.8 Å². The van der Waals surface area contributed by atoms with Gasteiger partial charge in [0, 0.05) is 6.54 Å². The average Bonchev–Trinajstić information content (AvgIpc) is 2.54. The van der Waals surface area contributed by atoms with Crippen LogP contribution in [-0.4, -0.2) is 24.8 Å². The van der Waals surface area contributed by atoms with Crippen molar-refractivity contribution >= 4 is 21.6 Å². The van der Waals surface area contributed by atoms with Crippen LogP contribution in [0.3, 0.4) is 0 Å². The van der Waals surface area contributed by atoms with Crippen LogP contribution in [0, 0.1) is 5.41 Å². The molecule has 0 saturated carbocycles. The van der Waals surface area contributed by atoms with Crippen LogP contribution < -0.4 is 10.4 Å². The molecular weight excluding hydrogens is 319 g/mol. The van der Waals surface area contributed by atoms with Gasteiger partial charge in [-0.15, -0.1) is 0 Å². The minimum atomic E-state index is -0.0683. The molecule has 0 spiro atoms. The van der Waals surface area contributed by atoms with Crippen LogP contribution in [0.4, 0.5) is 0 Å². The maximum absolute atomic E-state index is 10.9. The smallest absolute Gasteiger partial charge is 0.207 e. The molecule has 0 fully saturated rings. The highest BCUT2D eigenvalue weighted by atomic mass is 31.0. The van der Waals surface area contributed by atoms with E-state index < -0.39 is 0 Å². The molecule has 0 rings (SSSR count). The Balaban J connectivity index is -0.000000153. The highest BCUT2D eigenvalue weighted by Gasteiger charge is 2.09. The van der Waals surface area contributed by atoms with Gasteiger partial charge in [-0.25, -0.2) is 0 Å². The largest absolute Gasteiger partial charge is 0.359 e. The number of carbonyl (C=O) groups is 2. The van der Waals surface area contributed by atoms with Gasteiger partial charge >= 0.3 is 0 Å². The van der Waals surface area contributed by atoms with Crippen molar-refractivity contribution in [3.63, 3.8) is 0 Å². The van der Waals surface area contributed by atoms with Crippen LogP contribution in [0.1, 0.15) is 94.4 Å². The second-order valence-electron chi connectivity index (χ2n) is 6.21. The van der Waals surface area contributed by atoms with E-state index in [2.05, 4.69) is 47.5 Å². The highest BCUT2D eigenvalue weighted by Crippen LogP contribution is 2.19. The van der Waals surface area contributed by atoms with Crippen LogP contribution in [0.25, 0.3) is 0 Å². The number of hydrogen-bond donors (Lipinski definition) is 2. The van der Waals surface area contributed by atoms with Gasteiger partial charge in [-0.05, 0) is 38.0 Å². The molecule has 0 heterocycles. The molecular formula is C19H45N2O2P. The molecule has 2 N–H and O–H groups in total. The van der Waals surface area contributed by atoms with Gasteiger partial charge in [-0.2, -0.15) is 0 Å². The van der Waals surface area contributed by atoms with Gasteiger partial charge in [0.15, 0.2) is 0 Å². The lowest BCUT2D eigenvalue weighted by Crippen LogP contribution is -2.28. The third-order valence-corrected chi connectivity index (χ3v) is 3.24. The maximum Gasteiger partial charge on any atom is 0.207 e. The molecule has 0 saturated heterocycles. The van der Waals surface area contributed by atoms with E-state index in [-0.39, 0.29) is 11.8 Å². The third kappa shape index (κ3) is 33.2. The highest BCUT2D eigenvalue weighted by molar-refractivity contribution is 7.13. The van der Waals surface area contributed by atoms with Crippen molar-refractivity contribution in [3.05, 3.63) is 0 Å². The Morgan fingerprint density at radius 1 is 1.12 bits per heavy atom. The summed E-state index contributed by atoms with van der Waals surface area (Å²) < 4.78 is 0. The van der Waals surface area contributed by atoms with Crippen molar-refractivity contribution in [3.8, 4) is 0 Å². The molecule has 2 unspecified atom stereocenters. The Kier molecular flexibility index (Phi) is 32.3. The van der Waals surface area contributed by atoms with Crippen LogP contribution in [0.15, 0.2) is 0 Å². The lowest BCUT2D eigenvalue weighted by atomic mass is 9.91. The van der Waals surface area contributed by atoms with Crippen molar-refractivity contribution in [1.29, 1.82) is 0 Å². The SMILES string of the molecule is CC.CC.CC(=O)C(CCCCNC=O)NP.CCCC(C)(C)C. The first-order valence-electron chi connectivity index (χ1n) is 9.42. The fourth-order valence-electron chi connectivity index (χ4n) is 1.79. The number of amides is 1. The molecule has 0 radical (unpaired) electrons. The number of rotatable bonds is 9. The van der Waals surface area contributed by atoms with E-state index >= 15 is 0 Å². The summed E-state index contributed by atoms with van der Waals surface area (Å²) >= 11 is 0. The minimum Gasteiger partial charge on any atom is -0.359 e. The van der Waals surface area contributed by atoms with E-state index in [0.29, 0.717) is 18.4 Å². The van der Waals surface area contributed by atoms with Gasteiger partial charge in [-0.3, -0.25) is 14.7 Å². The normalized spacial score (nSPS) is 10.6. The average molecular weight is 365 g/mol. The number of unbranched alkanes of at least 4 members (excludes halogenated alkanes) is 1. The molecule has 2 atom stereocenters. The first-order valence-corrected chi connectivity index (χ1v) is 9.99. The van der Waals surface area contributed by atoms with Crippen molar-refractivity contribution in [1.82, 2.24) is 10.4 Å². The van der Waals surface area contributed by atoms with Gasteiger partial charge in [0.05, 0.1) is 6.04 Å². The molecule has 148 valence electrons. The zero-order valence-corrected chi connectivity index (χ0v) is 18.9. The monoisotopic (exact) mass is 364 g/mol. The van der Waals surface area contributed by atoms with E-state index in [0.717, 1.165) is 19.3 Å². The number of carbonyl (C=O) groups excluding carboxylic acids is 2. The van der Waals surface area contributed by atoms with Crippen molar-refractivity contribution in [2.24, 2.45) is 5.41 Å². The Morgan fingerprint density at radius 2 is 1.62 bits per heavy atom. The van der Waals surface area contributed by atoms with Crippen molar-refractivity contribution in [2.45, 2.75) is 100 Å². The Morgan fingerprint density at radius 3 is 1.88 bits per heavy atom. The number of ketones is 1. The quantitative estimate of drug-likeness (QED) is 0.339. The van der Waals surface area contributed by atoms with Crippen LogP contribution in [0.5, 0.6) is 0 Å². The Labute approximate surface area is 154 Å². The van der Waals surface area contributed by atoms with Gasteiger partial charge < -0.3 is 5.32 Å². The first kappa shape index (κ1) is 31.3. The predicted molar refractivity (Wildman–Crippen MR) is 112 cm³/mol. The number of nitrogens with one attached hydrogen (secondary N) is 2. The van der Waals surface area contributed by atoms with Gasteiger partial charge in [-0.1, -0.05) is 71.2 Å². The predicted octanol–water partition coefficient (Wildman–Crippen LogP) is 5.13. The van der Waals surface area contributed by atoms with Crippen LogP contribution in [-0.2, 0) is 9.59 Å². The maximum atomic E-state index is 10.9. The molecule has 0 aromatic carbocycles. The summed E-state index contributed by atoms with van der Waals surface area (Å²) in [4.78, 5) is 20.8. The molecule has 24 heavy (non-hydrogen) atoms.